The van der Waals surface area contributed by atoms with Crippen LogP contribution in [-0.4, -0.2) is 29.1 Å². The first-order valence-electron chi connectivity index (χ1n) is 6.31. The van der Waals surface area contributed by atoms with Gasteiger partial charge in [0.2, 0.25) is 0 Å². The topological polar surface area (TPSA) is 62.2 Å². The third-order valence-corrected chi connectivity index (χ3v) is 3.57. The largest absolute Gasteiger partial charge is 0.396 e. The molecule has 0 bridgehead atoms. The molecule has 1 aromatic carbocycles. The molecule has 4 nitrogen and oxygen atoms in total. The maximum absolute atomic E-state index is 13.1. The van der Waals surface area contributed by atoms with E-state index in [4.69, 9.17) is 0 Å². The zero-order chi connectivity index (χ0) is 15.2. The molecular weight excluding hydrogens is 298 g/mol. The molecule has 2 aromatic rings. The molecule has 0 radical (unpaired) electrons. The lowest BCUT2D eigenvalue weighted by Gasteiger charge is -2.15. The minimum atomic E-state index is -0.921. The standard InChI is InChI=1S/C14H14F2N2O2S/c15-11-2-1-9(4-12(11)16)3-10(6-19)5-17-14(20)13-7-21-8-18-13/h1-2,4,7-8,10,19H,3,5-6H2,(H,17,20)/t10-/m1/s1. The number of nitrogens with zero attached hydrogens (tertiary/aromatic N) is 1. The predicted octanol–water partition coefficient (Wildman–Crippen LogP) is 2.00. The molecular formula is C14H14F2N2O2S. The molecule has 1 amide bonds. The fourth-order valence-electron chi connectivity index (χ4n) is 1.85. The van der Waals surface area contributed by atoms with E-state index in [0.29, 0.717) is 17.7 Å². The SMILES string of the molecule is O=C(NC[C@H](CO)Cc1ccc(F)c(F)c1)c1cscn1. The van der Waals surface area contributed by atoms with Gasteiger partial charge in [0.05, 0.1) is 5.51 Å². The summed E-state index contributed by atoms with van der Waals surface area (Å²) >= 11 is 1.31. The van der Waals surface area contributed by atoms with Gasteiger partial charge in [-0.2, -0.15) is 0 Å². The summed E-state index contributed by atoms with van der Waals surface area (Å²) in [5.74, 6) is -2.43. The van der Waals surface area contributed by atoms with Gasteiger partial charge in [-0.1, -0.05) is 6.07 Å². The van der Waals surface area contributed by atoms with E-state index in [0.717, 1.165) is 12.1 Å². The van der Waals surface area contributed by atoms with Crippen molar-refractivity contribution in [2.45, 2.75) is 6.42 Å². The normalized spacial score (nSPS) is 12.1. The summed E-state index contributed by atoms with van der Waals surface area (Å²) in [6, 6.07) is 3.61. The highest BCUT2D eigenvalue weighted by Gasteiger charge is 2.14. The number of hydrogen-bond donors (Lipinski definition) is 2. The monoisotopic (exact) mass is 312 g/mol. The first-order valence-corrected chi connectivity index (χ1v) is 7.25. The number of benzene rings is 1. The summed E-state index contributed by atoms with van der Waals surface area (Å²) in [4.78, 5) is 15.6. The number of aliphatic hydroxyl groups is 1. The van der Waals surface area contributed by atoms with Gasteiger partial charge in [-0.3, -0.25) is 4.79 Å². The van der Waals surface area contributed by atoms with Crippen molar-refractivity contribution in [3.63, 3.8) is 0 Å². The van der Waals surface area contributed by atoms with Crippen LogP contribution in [0, 0.1) is 17.6 Å². The molecule has 7 heteroatoms. The van der Waals surface area contributed by atoms with Gasteiger partial charge < -0.3 is 10.4 Å². The minimum absolute atomic E-state index is 0.170. The maximum Gasteiger partial charge on any atom is 0.270 e. The number of amides is 1. The molecule has 0 saturated carbocycles. The number of carbonyl (C=O) groups excluding carboxylic acids is 1. The van der Waals surface area contributed by atoms with Crippen LogP contribution in [0.1, 0.15) is 16.1 Å². The summed E-state index contributed by atoms with van der Waals surface area (Å²) in [6.45, 7) is 0.0577. The molecule has 0 aliphatic carbocycles. The van der Waals surface area contributed by atoms with Crippen LogP contribution in [-0.2, 0) is 6.42 Å². The van der Waals surface area contributed by atoms with Gasteiger partial charge in [0.25, 0.3) is 5.91 Å². The maximum atomic E-state index is 13.1. The Labute approximate surface area is 124 Å². The van der Waals surface area contributed by atoms with E-state index in [-0.39, 0.29) is 25.0 Å². The molecule has 0 unspecified atom stereocenters. The van der Waals surface area contributed by atoms with Crippen LogP contribution < -0.4 is 5.32 Å². The second-order valence-corrected chi connectivity index (χ2v) is 5.30. The van der Waals surface area contributed by atoms with Crippen LogP contribution in [0.5, 0.6) is 0 Å². The number of nitrogens with one attached hydrogen (secondary N) is 1. The highest BCUT2D eigenvalue weighted by atomic mass is 32.1. The van der Waals surface area contributed by atoms with E-state index >= 15 is 0 Å². The van der Waals surface area contributed by atoms with Gasteiger partial charge >= 0.3 is 0 Å². The highest BCUT2D eigenvalue weighted by molar-refractivity contribution is 7.07. The van der Waals surface area contributed by atoms with Gasteiger partial charge in [0.15, 0.2) is 11.6 Å². The molecule has 1 heterocycles. The molecule has 0 aliphatic heterocycles. The summed E-state index contributed by atoms with van der Waals surface area (Å²) in [5, 5.41) is 13.6. The van der Waals surface area contributed by atoms with Crippen molar-refractivity contribution < 1.29 is 18.7 Å². The zero-order valence-electron chi connectivity index (χ0n) is 11.1. The van der Waals surface area contributed by atoms with Crippen molar-refractivity contribution in [3.8, 4) is 0 Å². The Bertz CT molecular complexity index is 605. The van der Waals surface area contributed by atoms with E-state index in [1.165, 1.54) is 17.4 Å². The van der Waals surface area contributed by atoms with Crippen molar-refractivity contribution in [2.24, 2.45) is 5.92 Å². The van der Waals surface area contributed by atoms with Gasteiger partial charge in [-0.05, 0) is 24.1 Å². The third kappa shape index (κ3) is 4.30. The van der Waals surface area contributed by atoms with Gasteiger partial charge in [-0.15, -0.1) is 11.3 Å². The second kappa shape index (κ2) is 7.24. The fourth-order valence-corrected chi connectivity index (χ4v) is 2.39. The molecule has 2 rings (SSSR count). The van der Waals surface area contributed by atoms with Gasteiger partial charge in [0, 0.05) is 24.4 Å². The van der Waals surface area contributed by atoms with Gasteiger partial charge in [-0.25, -0.2) is 13.8 Å². The first kappa shape index (κ1) is 15.5. The van der Waals surface area contributed by atoms with E-state index in [2.05, 4.69) is 10.3 Å². The number of hydrogen-bond acceptors (Lipinski definition) is 4. The molecule has 21 heavy (non-hydrogen) atoms. The lowest BCUT2D eigenvalue weighted by molar-refractivity contribution is 0.0935. The van der Waals surface area contributed by atoms with Crippen molar-refractivity contribution in [1.82, 2.24) is 10.3 Å². The summed E-state index contributed by atoms with van der Waals surface area (Å²) in [5.41, 5.74) is 2.44. The highest BCUT2D eigenvalue weighted by Crippen LogP contribution is 2.13. The Morgan fingerprint density at radius 3 is 2.81 bits per heavy atom. The molecule has 0 saturated heterocycles. The molecule has 1 atom stereocenters. The summed E-state index contributed by atoms with van der Waals surface area (Å²) in [6.07, 6.45) is 0.338. The quantitative estimate of drug-likeness (QED) is 0.857. The van der Waals surface area contributed by atoms with E-state index in [1.807, 2.05) is 0 Å². The van der Waals surface area contributed by atoms with E-state index in [9.17, 15) is 18.7 Å². The lowest BCUT2D eigenvalue weighted by Crippen LogP contribution is -2.32. The minimum Gasteiger partial charge on any atom is -0.396 e. The Balaban J connectivity index is 1.91. The number of carbonyl (C=O) groups is 1. The number of rotatable bonds is 6. The fraction of sp³-hybridized carbons (Fsp3) is 0.286. The second-order valence-electron chi connectivity index (χ2n) is 4.58. The third-order valence-electron chi connectivity index (χ3n) is 2.98. The van der Waals surface area contributed by atoms with Crippen LogP contribution in [0.4, 0.5) is 8.78 Å². The molecule has 2 N–H and O–H groups in total. The van der Waals surface area contributed by atoms with E-state index < -0.39 is 11.6 Å². The molecule has 1 aromatic heterocycles. The molecule has 0 spiro atoms. The van der Waals surface area contributed by atoms with Crippen LogP contribution in [0.15, 0.2) is 29.1 Å². The number of aliphatic hydroxyl groups excluding tert-OH is 1. The van der Waals surface area contributed by atoms with Crippen molar-refractivity contribution in [1.29, 1.82) is 0 Å². The van der Waals surface area contributed by atoms with Crippen LogP contribution in [0.2, 0.25) is 0 Å². The number of aromatic nitrogens is 1. The zero-order valence-corrected chi connectivity index (χ0v) is 11.9. The summed E-state index contributed by atoms with van der Waals surface area (Å²) < 4.78 is 26.0. The van der Waals surface area contributed by atoms with E-state index in [1.54, 1.807) is 10.9 Å². The van der Waals surface area contributed by atoms with Crippen LogP contribution in [0.3, 0.4) is 0 Å². The Morgan fingerprint density at radius 2 is 2.19 bits per heavy atom. The van der Waals surface area contributed by atoms with Crippen molar-refractivity contribution in [3.05, 3.63) is 52.0 Å². The first-order chi connectivity index (χ1) is 10.1. The lowest BCUT2D eigenvalue weighted by atomic mass is 10.00. The summed E-state index contributed by atoms with van der Waals surface area (Å²) in [7, 11) is 0. The smallest absolute Gasteiger partial charge is 0.270 e. The Kier molecular flexibility index (Phi) is 5.35. The van der Waals surface area contributed by atoms with Crippen molar-refractivity contribution in [2.75, 3.05) is 13.2 Å². The average molecular weight is 312 g/mol. The molecule has 112 valence electrons. The number of halogens is 2. The molecule has 0 aliphatic rings. The predicted molar refractivity (Wildman–Crippen MR) is 75.1 cm³/mol. The van der Waals surface area contributed by atoms with Crippen molar-refractivity contribution >= 4 is 17.2 Å². The van der Waals surface area contributed by atoms with Gasteiger partial charge in [0.1, 0.15) is 5.69 Å². The van der Waals surface area contributed by atoms with Crippen LogP contribution >= 0.6 is 11.3 Å². The average Bonchev–Trinajstić information content (AvgIpc) is 3.01. The Morgan fingerprint density at radius 1 is 1.38 bits per heavy atom. The Hall–Kier alpha value is -1.86. The van der Waals surface area contributed by atoms with Crippen LogP contribution in [0.25, 0.3) is 0 Å². The molecule has 0 fully saturated rings. The number of thiazole rings is 1.